The molecule has 0 fully saturated rings. The van der Waals surface area contributed by atoms with E-state index in [1.807, 2.05) is 12.1 Å². The maximum atomic E-state index is 12.2. The Bertz CT molecular complexity index is 737. The number of rotatable bonds is 3. The SMILES string of the molecule is Cn1cc(S(=O)(=O)Nc2ccc3c(c2)NCCC3)cn1. The Balaban J connectivity index is 1.87. The van der Waals surface area contributed by atoms with Crippen molar-refractivity contribution in [1.29, 1.82) is 0 Å². The number of nitrogens with zero attached hydrogens (tertiary/aromatic N) is 2. The van der Waals surface area contributed by atoms with Crippen molar-refractivity contribution >= 4 is 21.4 Å². The fourth-order valence-corrected chi connectivity index (χ4v) is 3.31. The summed E-state index contributed by atoms with van der Waals surface area (Å²) in [5.74, 6) is 0. The molecule has 0 atom stereocenters. The fraction of sp³-hybridized carbons (Fsp3) is 0.308. The molecule has 0 radical (unpaired) electrons. The van der Waals surface area contributed by atoms with Crippen LogP contribution in [0.2, 0.25) is 0 Å². The van der Waals surface area contributed by atoms with Gasteiger partial charge in [0.15, 0.2) is 0 Å². The van der Waals surface area contributed by atoms with Crippen molar-refractivity contribution < 1.29 is 8.42 Å². The molecule has 1 aromatic heterocycles. The normalized spacial score (nSPS) is 14.4. The molecule has 0 bridgehead atoms. The highest BCUT2D eigenvalue weighted by Crippen LogP contribution is 2.26. The molecule has 1 aromatic carbocycles. The number of nitrogens with one attached hydrogen (secondary N) is 2. The van der Waals surface area contributed by atoms with Gasteiger partial charge in [-0.15, -0.1) is 0 Å². The van der Waals surface area contributed by atoms with Gasteiger partial charge in [0, 0.05) is 25.5 Å². The van der Waals surface area contributed by atoms with E-state index in [2.05, 4.69) is 15.1 Å². The molecular formula is C13H16N4O2S. The van der Waals surface area contributed by atoms with E-state index < -0.39 is 10.0 Å². The van der Waals surface area contributed by atoms with Crippen molar-refractivity contribution in [3.63, 3.8) is 0 Å². The van der Waals surface area contributed by atoms with Gasteiger partial charge in [-0.05, 0) is 30.5 Å². The zero-order valence-corrected chi connectivity index (χ0v) is 11.9. The van der Waals surface area contributed by atoms with E-state index in [9.17, 15) is 8.42 Å². The van der Waals surface area contributed by atoms with Crippen LogP contribution in [-0.4, -0.2) is 24.7 Å². The average molecular weight is 292 g/mol. The summed E-state index contributed by atoms with van der Waals surface area (Å²) in [6, 6.07) is 5.59. The lowest BCUT2D eigenvalue weighted by molar-refractivity contribution is 0.601. The molecule has 0 unspecified atom stereocenters. The Kier molecular flexibility index (Phi) is 3.13. The number of hydrogen-bond acceptors (Lipinski definition) is 4. The highest BCUT2D eigenvalue weighted by Gasteiger charge is 2.17. The van der Waals surface area contributed by atoms with E-state index in [1.54, 1.807) is 13.1 Å². The van der Waals surface area contributed by atoms with E-state index in [0.717, 1.165) is 25.1 Å². The molecule has 0 amide bonds. The van der Waals surface area contributed by atoms with E-state index in [1.165, 1.54) is 22.6 Å². The zero-order valence-electron chi connectivity index (χ0n) is 11.1. The van der Waals surface area contributed by atoms with Crippen molar-refractivity contribution in [2.75, 3.05) is 16.6 Å². The molecule has 0 spiro atoms. The average Bonchev–Trinajstić information content (AvgIpc) is 2.86. The predicted octanol–water partition coefficient (Wildman–Crippen LogP) is 1.58. The van der Waals surface area contributed by atoms with Crippen LogP contribution in [-0.2, 0) is 23.5 Å². The zero-order chi connectivity index (χ0) is 14.2. The Hall–Kier alpha value is -2.02. The second-order valence-corrected chi connectivity index (χ2v) is 6.54. The van der Waals surface area contributed by atoms with Crippen LogP contribution in [0.3, 0.4) is 0 Å². The highest BCUT2D eigenvalue weighted by molar-refractivity contribution is 7.92. The first-order valence-electron chi connectivity index (χ1n) is 6.43. The van der Waals surface area contributed by atoms with Gasteiger partial charge in [-0.2, -0.15) is 5.10 Å². The molecule has 7 heteroatoms. The summed E-state index contributed by atoms with van der Waals surface area (Å²) in [7, 11) is -1.90. The van der Waals surface area contributed by atoms with Gasteiger partial charge in [0.25, 0.3) is 10.0 Å². The molecule has 1 aliphatic heterocycles. The third-order valence-electron chi connectivity index (χ3n) is 3.29. The minimum Gasteiger partial charge on any atom is -0.385 e. The first-order chi connectivity index (χ1) is 9.54. The Morgan fingerprint density at radius 1 is 1.40 bits per heavy atom. The smallest absolute Gasteiger partial charge is 0.265 e. The summed E-state index contributed by atoms with van der Waals surface area (Å²) in [6.07, 6.45) is 4.93. The predicted molar refractivity (Wildman–Crippen MR) is 77.3 cm³/mol. The molecule has 2 N–H and O–H groups in total. The molecule has 3 rings (SSSR count). The van der Waals surface area contributed by atoms with Gasteiger partial charge < -0.3 is 5.32 Å². The van der Waals surface area contributed by atoms with E-state index in [0.29, 0.717) is 5.69 Å². The number of benzene rings is 1. The molecule has 0 saturated heterocycles. The van der Waals surface area contributed by atoms with Crippen LogP contribution < -0.4 is 10.0 Å². The largest absolute Gasteiger partial charge is 0.385 e. The number of aromatic nitrogens is 2. The second kappa shape index (κ2) is 4.82. The molecule has 1 aliphatic rings. The first-order valence-corrected chi connectivity index (χ1v) is 7.91. The van der Waals surface area contributed by atoms with Crippen LogP contribution in [0.4, 0.5) is 11.4 Å². The summed E-state index contributed by atoms with van der Waals surface area (Å²) in [5.41, 5.74) is 2.78. The summed E-state index contributed by atoms with van der Waals surface area (Å²) in [4.78, 5) is 0.158. The maximum Gasteiger partial charge on any atom is 0.265 e. The van der Waals surface area contributed by atoms with Crippen LogP contribution in [0.1, 0.15) is 12.0 Å². The third kappa shape index (κ3) is 2.49. The third-order valence-corrected chi connectivity index (χ3v) is 4.63. The van der Waals surface area contributed by atoms with Gasteiger partial charge in [-0.25, -0.2) is 8.42 Å². The van der Waals surface area contributed by atoms with Gasteiger partial charge in [0.2, 0.25) is 0 Å². The standard InChI is InChI=1S/C13H16N4O2S/c1-17-9-12(8-15-17)20(18,19)16-11-5-4-10-3-2-6-14-13(10)7-11/h4-5,7-9,14,16H,2-3,6H2,1H3. The van der Waals surface area contributed by atoms with Crippen molar-refractivity contribution in [2.24, 2.45) is 7.05 Å². The van der Waals surface area contributed by atoms with Crippen molar-refractivity contribution in [1.82, 2.24) is 9.78 Å². The van der Waals surface area contributed by atoms with E-state index in [-0.39, 0.29) is 4.90 Å². The molecule has 2 aromatic rings. The number of hydrogen-bond donors (Lipinski definition) is 2. The van der Waals surface area contributed by atoms with E-state index >= 15 is 0 Å². The van der Waals surface area contributed by atoms with Gasteiger partial charge in [0.1, 0.15) is 4.90 Å². The van der Waals surface area contributed by atoms with Crippen molar-refractivity contribution in [3.05, 3.63) is 36.2 Å². The van der Waals surface area contributed by atoms with Crippen LogP contribution >= 0.6 is 0 Å². The Morgan fingerprint density at radius 3 is 3.00 bits per heavy atom. The Labute approximate surface area is 117 Å². The van der Waals surface area contributed by atoms with Gasteiger partial charge in [-0.3, -0.25) is 9.40 Å². The number of fused-ring (bicyclic) bond motifs is 1. The first kappa shape index (κ1) is 13.0. The lowest BCUT2D eigenvalue weighted by Crippen LogP contribution is -2.15. The molecule has 6 nitrogen and oxygen atoms in total. The molecule has 20 heavy (non-hydrogen) atoms. The number of aryl methyl sites for hydroxylation is 2. The van der Waals surface area contributed by atoms with Crippen LogP contribution in [0.15, 0.2) is 35.5 Å². The second-order valence-electron chi connectivity index (χ2n) is 4.86. The molecule has 0 aliphatic carbocycles. The van der Waals surface area contributed by atoms with E-state index in [4.69, 9.17) is 0 Å². The summed E-state index contributed by atoms with van der Waals surface area (Å²) in [6.45, 7) is 0.922. The lowest BCUT2D eigenvalue weighted by atomic mass is 10.0. The van der Waals surface area contributed by atoms with Crippen LogP contribution in [0, 0.1) is 0 Å². The molecule has 106 valence electrons. The van der Waals surface area contributed by atoms with Gasteiger partial charge in [0.05, 0.1) is 11.9 Å². The summed E-state index contributed by atoms with van der Waals surface area (Å²) < 4.78 is 28.4. The minimum absolute atomic E-state index is 0.158. The minimum atomic E-state index is -3.58. The van der Waals surface area contributed by atoms with Gasteiger partial charge >= 0.3 is 0 Å². The highest BCUT2D eigenvalue weighted by atomic mass is 32.2. The number of sulfonamides is 1. The van der Waals surface area contributed by atoms with Crippen LogP contribution in [0.25, 0.3) is 0 Å². The van der Waals surface area contributed by atoms with Crippen molar-refractivity contribution in [3.8, 4) is 0 Å². The maximum absolute atomic E-state index is 12.2. The topological polar surface area (TPSA) is 76.0 Å². The van der Waals surface area contributed by atoms with Crippen LogP contribution in [0.5, 0.6) is 0 Å². The molecule has 2 heterocycles. The monoisotopic (exact) mass is 292 g/mol. The fourth-order valence-electron chi connectivity index (χ4n) is 2.28. The molecular weight excluding hydrogens is 276 g/mol. The Morgan fingerprint density at radius 2 is 2.25 bits per heavy atom. The van der Waals surface area contributed by atoms with Gasteiger partial charge in [-0.1, -0.05) is 6.07 Å². The summed E-state index contributed by atoms with van der Waals surface area (Å²) >= 11 is 0. The lowest BCUT2D eigenvalue weighted by Gasteiger charge is -2.19. The summed E-state index contributed by atoms with van der Waals surface area (Å²) in [5, 5.41) is 7.16. The van der Waals surface area contributed by atoms with Crippen molar-refractivity contribution in [2.45, 2.75) is 17.7 Å². The number of anilines is 2. The molecule has 0 saturated carbocycles. The quantitative estimate of drug-likeness (QED) is 0.900.